The summed E-state index contributed by atoms with van der Waals surface area (Å²) < 4.78 is 0. The molecule has 0 bridgehead atoms. The Bertz CT molecular complexity index is 300. The normalized spacial score (nSPS) is 14.9. The van der Waals surface area contributed by atoms with Gasteiger partial charge >= 0.3 is 0 Å². The van der Waals surface area contributed by atoms with Crippen molar-refractivity contribution in [1.82, 2.24) is 0 Å². The van der Waals surface area contributed by atoms with Gasteiger partial charge in [0.25, 0.3) is 0 Å². The van der Waals surface area contributed by atoms with Gasteiger partial charge in [0.2, 0.25) is 0 Å². The highest BCUT2D eigenvalue weighted by molar-refractivity contribution is 7.99. The van der Waals surface area contributed by atoms with Gasteiger partial charge in [-0.2, -0.15) is 0 Å². The molecule has 1 rings (SSSR count). The molecule has 0 aliphatic carbocycles. The van der Waals surface area contributed by atoms with E-state index in [9.17, 15) is 0 Å². The Balaban J connectivity index is 2.35. The van der Waals surface area contributed by atoms with Crippen LogP contribution in [-0.4, -0.2) is 23.0 Å². The second-order valence-corrected chi connectivity index (χ2v) is 5.47. The van der Waals surface area contributed by atoms with E-state index in [2.05, 4.69) is 0 Å². The number of benzene rings is 1. The van der Waals surface area contributed by atoms with Gasteiger partial charge in [-0.1, -0.05) is 11.6 Å². The van der Waals surface area contributed by atoms with Crippen LogP contribution in [0.4, 0.5) is 0 Å². The van der Waals surface area contributed by atoms with Crippen LogP contribution in [0.2, 0.25) is 5.02 Å². The molecule has 15 heavy (non-hydrogen) atoms. The molecule has 0 fully saturated rings. The van der Waals surface area contributed by atoms with Crippen LogP contribution in [0.1, 0.15) is 13.3 Å². The van der Waals surface area contributed by atoms with Crippen molar-refractivity contribution < 1.29 is 5.11 Å². The van der Waals surface area contributed by atoms with Crippen LogP contribution >= 0.6 is 23.4 Å². The number of hydrogen-bond donors (Lipinski definition) is 2. The Labute approximate surface area is 99.8 Å². The fourth-order valence-electron chi connectivity index (χ4n) is 1.01. The summed E-state index contributed by atoms with van der Waals surface area (Å²) in [5.41, 5.74) is 5.35. The van der Waals surface area contributed by atoms with Crippen molar-refractivity contribution in [3.05, 3.63) is 29.3 Å². The highest BCUT2D eigenvalue weighted by Gasteiger charge is 2.16. The summed E-state index contributed by atoms with van der Waals surface area (Å²) in [6.45, 7) is 1.88. The molecule has 2 nitrogen and oxygen atoms in total. The summed E-state index contributed by atoms with van der Waals surface area (Å²) in [7, 11) is 0. The lowest BCUT2D eigenvalue weighted by Gasteiger charge is -2.20. The predicted octanol–water partition coefficient (Wildman–Crippen LogP) is 2.53. The highest BCUT2D eigenvalue weighted by Crippen LogP contribution is 2.22. The SMILES string of the molecule is CC(N)(CO)CCSc1ccc(Cl)cc1. The van der Waals surface area contributed by atoms with E-state index in [1.54, 1.807) is 11.8 Å². The Morgan fingerprint density at radius 3 is 2.53 bits per heavy atom. The first-order chi connectivity index (χ1) is 7.03. The third-order valence-corrected chi connectivity index (χ3v) is 3.38. The van der Waals surface area contributed by atoms with Gasteiger partial charge in [0.05, 0.1) is 6.61 Å². The average Bonchev–Trinajstić information content (AvgIpc) is 2.21. The predicted molar refractivity (Wildman–Crippen MR) is 66.5 cm³/mol. The maximum Gasteiger partial charge on any atom is 0.0608 e. The summed E-state index contributed by atoms with van der Waals surface area (Å²) >= 11 is 7.50. The smallest absolute Gasteiger partial charge is 0.0608 e. The fourth-order valence-corrected chi connectivity index (χ4v) is 2.27. The van der Waals surface area contributed by atoms with Crippen LogP contribution in [0.15, 0.2) is 29.2 Å². The van der Waals surface area contributed by atoms with E-state index in [-0.39, 0.29) is 6.61 Å². The molecular weight excluding hydrogens is 230 g/mol. The number of rotatable bonds is 5. The molecule has 4 heteroatoms. The van der Waals surface area contributed by atoms with Crippen molar-refractivity contribution in [3.63, 3.8) is 0 Å². The molecular formula is C11H16ClNOS. The minimum atomic E-state index is -0.473. The molecule has 84 valence electrons. The molecule has 0 spiro atoms. The molecule has 0 aliphatic rings. The van der Waals surface area contributed by atoms with Gasteiger partial charge in [-0.25, -0.2) is 0 Å². The van der Waals surface area contributed by atoms with Crippen LogP contribution in [0.25, 0.3) is 0 Å². The summed E-state index contributed by atoms with van der Waals surface area (Å²) in [5.74, 6) is 0.898. The molecule has 0 aliphatic heterocycles. The maximum absolute atomic E-state index is 8.98. The fraction of sp³-hybridized carbons (Fsp3) is 0.455. The zero-order valence-corrected chi connectivity index (χ0v) is 10.3. The van der Waals surface area contributed by atoms with Gasteiger partial charge in [0.1, 0.15) is 0 Å². The number of aliphatic hydroxyl groups excluding tert-OH is 1. The molecule has 1 unspecified atom stereocenters. The number of hydrogen-bond acceptors (Lipinski definition) is 3. The maximum atomic E-state index is 8.98. The van der Waals surface area contributed by atoms with Gasteiger partial charge < -0.3 is 10.8 Å². The Kier molecular flexibility index (Phi) is 4.93. The van der Waals surface area contributed by atoms with Crippen LogP contribution in [-0.2, 0) is 0 Å². The minimum Gasteiger partial charge on any atom is -0.394 e. The first kappa shape index (κ1) is 12.8. The third-order valence-electron chi connectivity index (χ3n) is 2.12. The second-order valence-electron chi connectivity index (χ2n) is 3.86. The van der Waals surface area contributed by atoms with Gasteiger partial charge in [-0.15, -0.1) is 11.8 Å². The molecule has 1 atom stereocenters. The first-order valence-electron chi connectivity index (χ1n) is 4.82. The van der Waals surface area contributed by atoms with Gasteiger partial charge in [0.15, 0.2) is 0 Å². The van der Waals surface area contributed by atoms with Crippen molar-refractivity contribution in [3.8, 4) is 0 Å². The van der Waals surface area contributed by atoms with Crippen LogP contribution in [0, 0.1) is 0 Å². The van der Waals surface area contributed by atoms with E-state index >= 15 is 0 Å². The van der Waals surface area contributed by atoms with Crippen LogP contribution in [0.3, 0.4) is 0 Å². The molecule has 0 amide bonds. The monoisotopic (exact) mass is 245 g/mol. The lowest BCUT2D eigenvalue weighted by molar-refractivity contribution is 0.206. The molecule has 0 saturated heterocycles. The summed E-state index contributed by atoms with van der Waals surface area (Å²) in [5, 5.41) is 9.72. The quantitative estimate of drug-likeness (QED) is 0.784. The molecule has 1 aromatic rings. The van der Waals surface area contributed by atoms with E-state index in [1.165, 1.54) is 4.90 Å². The average molecular weight is 246 g/mol. The summed E-state index contributed by atoms with van der Waals surface area (Å²) in [4.78, 5) is 1.17. The minimum absolute atomic E-state index is 0.0220. The van der Waals surface area contributed by atoms with E-state index in [0.29, 0.717) is 0 Å². The van der Waals surface area contributed by atoms with Crippen molar-refractivity contribution in [2.45, 2.75) is 23.8 Å². The first-order valence-corrected chi connectivity index (χ1v) is 6.18. The second kappa shape index (κ2) is 5.75. The topological polar surface area (TPSA) is 46.2 Å². The molecule has 0 aromatic heterocycles. The lowest BCUT2D eigenvalue weighted by atomic mass is 10.0. The largest absolute Gasteiger partial charge is 0.394 e. The van der Waals surface area contributed by atoms with Crippen molar-refractivity contribution in [2.75, 3.05) is 12.4 Å². The Hall–Kier alpha value is -0.220. The van der Waals surface area contributed by atoms with Crippen molar-refractivity contribution >= 4 is 23.4 Å². The number of halogens is 1. The van der Waals surface area contributed by atoms with E-state index < -0.39 is 5.54 Å². The van der Waals surface area contributed by atoms with Crippen molar-refractivity contribution in [2.24, 2.45) is 5.73 Å². The number of thioether (sulfide) groups is 1. The zero-order chi connectivity index (χ0) is 11.3. The molecule has 1 aromatic carbocycles. The van der Waals surface area contributed by atoms with Crippen molar-refractivity contribution in [1.29, 1.82) is 0 Å². The third kappa shape index (κ3) is 4.89. The Morgan fingerprint density at radius 1 is 1.40 bits per heavy atom. The van der Waals surface area contributed by atoms with E-state index in [0.717, 1.165) is 17.2 Å². The number of nitrogens with two attached hydrogens (primary N) is 1. The molecule has 0 heterocycles. The lowest BCUT2D eigenvalue weighted by Crippen LogP contribution is -2.40. The molecule has 3 N–H and O–H groups in total. The van der Waals surface area contributed by atoms with E-state index in [4.69, 9.17) is 22.4 Å². The zero-order valence-electron chi connectivity index (χ0n) is 8.74. The van der Waals surface area contributed by atoms with E-state index in [1.807, 2.05) is 31.2 Å². The highest BCUT2D eigenvalue weighted by atomic mass is 35.5. The van der Waals surface area contributed by atoms with Crippen LogP contribution < -0.4 is 5.73 Å². The number of aliphatic hydroxyl groups is 1. The Morgan fingerprint density at radius 2 is 2.00 bits per heavy atom. The summed E-state index contributed by atoms with van der Waals surface area (Å²) in [6.07, 6.45) is 0.788. The summed E-state index contributed by atoms with van der Waals surface area (Å²) in [6, 6.07) is 7.72. The van der Waals surface area contributed by atoms with Gasteiger partial charge in [0, 0.05) is 15.5 Å². The van der Waals surface area contributed by atoms with Gasteiger partial charge in [-0.05, 0) is 43.4 Å². The van der Waals surface area contributed by atoms with Gasteiger partial charge in [-0.3, -0.25) is 0 Å². The molecule has 0 saturated carbocycles. The van der Waals surface area contributed by atoms with Crippen LogP contribution in [0.5, 0.6) is 0 Å². The molecule has 0 radical (unpaired) electrons. The standard InChI is InChI=1S/C11H16ClNOS/c1-11(13,8-14)6-7-15-10-4-2-9(12)3-5-10/h2-5,14H,6-8,13H2,1H3.